The minimum Gasteiger partial charge on any atom is -0.466 e. The number of rotatable bonds is 10. The van der Waals surface area contributed by atoms with Gasteiger partial charge in [-0.3, -0.25) is 0 Å². The summed E-state index contributed by atoms with van der Waals surface area (Å²) in [7, 11) is 2.69. The lowest BCUT2D eigenvalue weighted by molar-refractivity contribution is -0.137. The molecule has 1 aliphatic rings. The quantitative estimate of drug-likeness (QED) is 0.317. The number of hydrogen-bond acceptors (Lipinski definition) is 8. The van der Waals surface area contributed by atoms with E-state index in [1.807, 2.05) is 48.0 Å². The van der Waals surface area contributed by atoms with Crippen LogP contribution in [0.25, 0.3) is 0 Å². The third kappa shape index (κ3) is 5.64. The zero-order valence-corrected chi connectivity index (χ0v) is 22.2. The Balaban J connectivity index is 1.89. The Bertz CT molecular complexity index is 1310. The molecule has 9 nitrogen and oxygen atoms in total. The molecule has 1 atom stereocenters. The summed E-state index contributed by atoms with van der Waals surface area (Å²) >= 11 is 1.61. The summed E-state index contributed by atoms with van der Waals surface area (Å²) in [4.78, 5) is 35.3. The van der Waals surface area contributed by atoms with Crippen LogP contribution in [0, 0.1) is 0 Å². The number of nitrogens with one attached hydrogen (secondary N) is 1. The molecule has 0 fully saturated rings. The number of carbonyl (C=O) groups is 2. The zero-order chi connectivity index (χ0) is 26.4. The molecule has 0 spiro atoms. The largest absolute Gasteiger partial charge is 0.466 e. The van der Waals surface area contributed by atoms with Crippen molar-refractivity contribution in [1.29, 1.82) is 0 Å². The molecule has 0 bridgehead atoms. The van der Waals surface area contributed by atoms with Crippen molar-refractivity contribution in [1.82, 2.24) is 24.4 Å². The summed E-state index contributed by atoms with van der Waals surface area (Å²) < 4.78 is 14.4. The smallest absolute Gasteiger partial charge is 0.336 e. The molecule has 0 saturated heterocycles. The first-order valence-corrected chi connectivity index (χ1v) is 13.0. The number of esters is 2. The Morgan fingerprint density at radius 2 is 1.84 bits per heavy atom. The number of aryl methyl sites for hydroxylation is 1. The summed E-state index contributed by atoms with van der Waals surface area (Å²) in [6, 6.07) is 10.0. The Hall–Kier alpha value is -3.79. The molecule has 3 heterocycles. The fourth-order valence-corrected chi connectivity index (χ4v) is 5.26. The SMILES string of the molecule is CCSc1ncc(C2C(C(=O)OC)=C(C)NC(CCn3ccnc3)=C2C(=O)OC)n1Cc1ccccc1. The minimum atomic E-state index is -0.721. The Labute approximate surface area is 220 Å². The van der Waals surface area contributed by atoms with Crippen molar-refractivity contribution in [3.05, 3.63) is 89.0 Å². The van der Waals surface area contributed by atoms with Crippen LogP contribution in [-0.4, -0.2) is 51.0 Å². The van der Waals surface area contributed by atoms with Gasteiger partial charge in [-0.2, -0.15) is 0 Å². The summed E-state index contributed by atoms with van der Waals surface area (Å²) in [6.07, 6.45) is 7.56. The summed E-state index contributed by atoms with van der Waals surface area (Å²) in [5.74, 6) is -0.917. The van der Waals surface area contributed by atoms with Gasteiger partial charge in [0.2, 0.25) is 0 Å². The van der Waals surface area contributed by atoms with Crippen LogP contribution >= 0.6 is 11.8 Å². The molecular formula is C27H31N5O4S. The van der Waals surface area contributed by atoms with E-state index in [2.05, 4.69) is 21.8 Å². The third-order valence-electron chi connectivity index (χ3n) is 6.24. The van der Waals surface area contributed by atoms with Crippen molar-refractivity contribution in [2.45, 2.75) is 44.4 Å². The number of hydrogen-bond donors (Lipinski definition) is 1. The fourth-order valence-electron chi connectivity index (χ4n) is 4.55. The number of allylic oxidation sites excluding steroid dienone is 2. The van der Waals surface area contributed by atoms with Crippen LogP contribution in [-0.2, 0) is 32.2 Å². The predicted molar refractivity (Wildman–Crippen MR) is 141 cm³/mol. The molecule has 0 aliphatic carbocycles. The van der Waals surface area contributed by atoms with Crippen LogP contribution in [0.2, 0.25) is 0 Å². The molecule has 1 N–H and O–H groups in total. The van der Waals surface area contributed by atoms with E-state index < -0.39 is 17.9 Å². The standard InChI is InChI=1S/C27H31N5O4S/c1-5-37-27-29-15-21(32(27)16-19-9-7-6-8-10-19)24-22(25(33)35-3)18(2)30-20(23(24)26(34)36-4)11-13-31-14-12-28-17-31/h6-10,12,14-15,17,24,30H,5,11,13,16H2,1-4H3. The van der Waals surface area contributed by atoms with Crippen LogP contribution in [0.4, 0.5) is 0 Å². The molecule has 0 radical (unpaired) electrons. The lowest BCUT2D eigenvalue weighted by Gasteiger charge is -2.31. The van der Waals surface area contributed by atoms with Crippen LogP contribution in [0.15, 0.2) is 82.9 Å². The monoisotopic (exact) mass is 521 g/mol. The first-order valence-electron chi connectivity index (χ1n) is 12.0. The number of thioether (sulfide) groups is 1. The molecule has 0 amide bonds. The van der Waals surface area contributed by atoms with E-state index in [-0.39, 0.29) is 0 Å². The van der Waals surface area contributed by atoms with Gasteiger partial charge in [0.25, 0.3) is 0 Å². The van der Waals surface area contributed by atoms with Gasteiger partial charge in [-0.05, 0) is 18.2 Å². The molecule has 10 heteroatoms. The average Bonchev–Trinajstić information content (AvgIpc) is 3.57. The number of carbonyl (C=O) groups excluding carboxylic acids is 2. The maximum absolute atomic E-state index is 13.3. The number of ether oxygens (including phenoxy) is 2. The molecule has 1 aromatic carbocycles. The molecule has 37 heavy (non-hydrogen) atoms. The van der Waals surface area contributed by atoms with E-state index in [4.69, 9.17) is 14.5 Å². The van der Waals surface area contributed by atoms with Gasteiger partial charge in [-0.15, -0.1) is 0 Å². The molecule has 2 aromatic heterocycles. The first-order chi connectivity index (χ1) is 18.0. The molecule has 3 aromatic rings. The number of imidazole rings is 2. The van der Waals surface area contributed by atoms with Crippen molar-refractivity contribution >= 4 is 23.7 Å². The molecule has 4 rings (SSSR count). The highest BCUT2D eigenvalue weighted by Crippen LogP contribution is 2.41. The lowest BCUT2D eigenvalue weighted by Crippen LogP contribution is -2.34. The molecule has 1 aliphatic heterocycles. The molecule has 0 saturated carbocycles. The number of nitrogens with zero attached hydrogens (tertiary/aromatic N) is 4. The topological polar surface area (TPSA) is 100 Å². The Morgan fingerprint density at radius 1 is 1.11 bits per heavy atom. The summed E-state index contributed by atoms with van der Waals surface area (Å²) in [5.41, 5.74) is 3.85. The van der Waals surface area contributed by atoms with E-state index >= 15 is 0 Å². The maximum atomic E-state index is 13.3. The minimum absolute atomic E-state index is 0.358. The first kappa shape index (κ1) is 26.3. The molecule has 1 unspecified atom stereocenters. The number of aromatic nitrogens is 4. The third-order valence-corrected chi connectivity index (χ3v) is 7.11. The van der Waals surface area contributed by atoms with E-state index in [1.165, 1.54) is 14.2 Å². The highest BCUT2D eigenvalue weighted by Gasteiger charge is 2.40. The van der Waals surface area contributed by atoms with Crippen molar-refractivity contribution in [3.63, 3.8) is 0 Å². The van der Waals surface area contributed by atoms with Gasteiger partial charge < -0.3 is 23.9 Å². The second-order valence-electron chi connectivity index (χ2n) is 8.49. The number of dihydropyridines is 1. The van der Waals surface area contributed by atoms with E-state index in [0.717, 1.165) is 22.2 Å². The van der Waals surface area contributed by atoms with Gasteiger partial charge in [0.15, 0.2) is 5.16 Å². The van der Waals surface area contributed by atoms with Crippen molar-refractivity contribution in [2.75, 3.05) is 20.0 Å². The fraction of sp³-hybridized carbons (Fsp3) is 0.333. The lowest BCUT2D eigenvalue weighted by atomic mass is 9.82. The predicted octanol–water partition coefficient (Wildman–Crippen LogP) is 3.89. The van der Waals surface area contributed by atoms with Gasteiger partial charge in [0.05, 0.1) is 49.5 Å². The highest BCUT2D eigenvalue weighted by molar-refractivity contribution is 7.99. The second kappa shape index (κ2) is 12.0. The second-order valence-corrected chi connectivity index (χ2v) is 9.72. The van der Waals surface area contributed by atoms with Crippen molar-refractivity contribution in [2.24, 2.45) is 0 Å². The van der Waals surface area contributed by atoms with Crippen molar-refractivity contribution in [3.8, 4) is 0 Å². The number of methoxy groups -OCH3 is 2. The summed E-state index contributed by atoms with van der Waals surface area (Å²) in [5, 5.41) is 4.11. The van der Waals surface area contributed by atoms with E-state index in [0.29, 0.717) is 42.1 Å². The normalized spacial score (nSPS) is 15.5. The Morgan fingerprint density at radius 3 is 2.49 bits per heavy atom. The summed E-state index contributed by atoms with van der Waals surface area (Å²) in [6.45, 7) is 5.02. The number of benzene rings is 1. The van der Waals surface area contributed by atoms with Crippen LogP contribution < -0.4 is 5.32 Å². The van der Waals surface area contributed by atoms with Crippen LogP contribution in [0.5, 0.6) is 0 Å². The van der Waals surface area contributed by atoms with Crippen molar-refractivity contribution < 1.29 is 19.1 Å². The van der Waals surface area contributed by atoms with Gasteiger partial charge in [0.1, 0.15) is 0 Å². The van der Waals surface area contributed by atoms with Gasteiger partial charge in [-0.25, -0.2) is 19.6 Å². The van der Waals surface area contributed by atoms with Gasteiger partial charge in [0, 0.05) is 43.3 Å². The average molecular weight is 522 g/mol. The molecule has 194 valence electrons. The Kier molecular flexibility index (Phi) is 8.50. The van der Waals surface area contributed by atoms with Gasteiger partial charge in [-0.1, -0.05) is 49.0 Å². The zero-order valence-electron chi connectivity index (χ0n) is 21.4. The van der Waals surface area contributed by atoms with Gasteiger partial charge >= 0.3 is 11.9 Å². The maximum Gasteiger partial charge on any atom is 0.336 e. The van der Waals surface area contributed by atoms with Crippen LogP contribution in [0.3, 0.4) is 0 Å². The highest BCUT2D eigenvalue weighted by atomic mass is 32.2. The van der Waals surface area contributed by atoms with E-state index in [9.17, 15) is 9.59 Å². The van der Waals surface area contributed by atoms with Crippen LogP contribution in [0.1, 0.15) is 37.4 Å². The molecular weight excluding hydrogens is 490 g/mol. The van der Waals surface area contributed by atoms with E-state index in [1.54, 1.807) is 30.5 Å².